The van der Waals surface area contributed by atoms with Crippen LogP contribution in [0.25, 0.3) is 0 Å². The average molecular weight is 377 g/mol. The van der Waals surface area contributed by atoms with E-state index < -0.39 is 0 Å². The maximum atomic E-state index is 11.9. The number of para-hydroxylation sites is 1. The van der Waals surface area contributed by atoms with Crippen LogP contribution in [0.3, 0.4) is 0 Å². The molecule has 0 unspecified atom stereocenters. The van der Waals surface area contributed by atoms with Crippen LogP contribution in [-0.2, 0) is 11.3 Å². The number of nitrogens with one attached hydrogen (secondary N) is 2. The van der Waals surface area contributed by atoms with Gasteiger partial charge >= 0.3 is 0 Å². The van der Waals surface area contributed by atoms with E-state index in [0.29, 0.717) is 19.5 Å². The zero-order valence-corrected chi connectivity index (χ0v) is 14.9. The van der Waals surface area contributed by atoms with Gasteiger partial charge in [0.05, 0.1) is 7.11 Å². The van der Waals surface area contributed by atoms with Crippen molar-refractivity contribution in [1.82, 2.24) is 5.32 Å². The number of anilines is 1. The lowest BCUT2D eigenvalue weighted by Crippen LogP contribution is -2.25. The SMILES string of the molecule is COc1ccccc1CNC(=O)CCNc1ccc(C)c(Br)c1. The molecule has 5 heteroatoms. The van der Waals surface area contributed by atoms with E-state index in [1.54, 1.807) is 7.11 Å². The number of methoxy groups -OCH3 is 1. The zero-order chi connectivity index (χ0) is 16.7. The zero-order valence-electron chi connectivity index (χ0n) is 13.4. The molecule has 0 aliphatic carbocycles. The van der Waals surface area contributed by atoms with Crippen molar-refractivity contribution in [2.24, 2.45) is 0 Å². The van der Waals surface area contributed by atoms with Crippen molar-refractivity contribution < 1.29 is 9.53 Å². The van der Waals surface area contributed by atoms with Gasteiger partial charge < -0.3 is 15.4 Å². The van der Waals surface area contributed by atoms with Crippen molar-refractivity contribution in [3.05, 3.63) is 58.1 Å². The third-order valence-corrected chi connectivity index (χ3v) is 4.38. The molecule has 2 aromatic carbocycles. The van der Waals surface area contributed by atoms with E-state index in [1.807, 2.05) is 49.4 Å². The molecule has 2 N–H and O–H groups in total. The second kappa shape index (κ2) is 8.58. The summed E-state index contributed by atoms with van der Waals surface area (Å²) in [7, 11) is 1.63. The number of halogens is 1. The molecule has 2 aromatic rings. The van der Waals surface area contributed by atoms with Gasteiger partial charge in [-0.3, -0.25) is 4.79 Å². The largest absolute Gasteiger partial charge is 0.496 e. The number of ether oxygens (including phenoxy) is 1. The Bertz CT molecular complexity index is 674. The Hall–Kier alpha value is -2.01. The molecule has 0 spiro atoms. The van der Waals surface area contributed by atoms with Crippen molar-refractivity contribution in [3.8, 4) is 5.75 Å². The Morgan fingerprint density at radius 3 is 2.74 bits per heavy atom. The summed E-state index contributed by atoms with van der Waals surface area (Å²) in [6.45, 7) is 3.10. The second-order valence-corrected chi connectivity index (χ2v) is 6.08. The van der Waals surface area contributed by atoms with Gasteiger partial charge in [-0.15, -0.1) is 0 Å². The summed E-state index contributed by atoms with van der Waals surface area (Å²) in [6.07, 6.45) is 0.417. The number of aryl methyl sites for hydroxylation is 1. The minimum absolute atomic E-state index is 0.00887. The molecule has 2 rings (SSSR count). The van der Waals surface area contributed by atoms with Gasteiger partial charge in [-0.2, -0.15) is 0 Å². The summed E-state index contributed by atoms with van der Waals surface area (Å²) in [6, 6.07) is 13.7. The van der Waals surface area contributed by atoms with Gasteiger partial charge in [-0.25, -0.2) is 0 Å². The molecule has 0 saturated carbocycles. The standard InChI is InChI=1S/C18H21BrN2O2/c1-13-7-8-15(11-16(13)19)20-10-9-18(22)21-12-14-5-3-4-6-17(14)23-2/h3-8,11,20H,9-10,12H2,1-2H3,(H,21,22). The Morgan fingerprint density at radius 1 is 1.22 bits per heavy atom. The van der Waals surface area contributed by atoms with Gasteiger partial charge in [0.1, 0.15) is 5.75 Å². The number of carbonyl (C=O) groups excluding carboxylic acids is 1. The van der Waals surface area contributed by atoms with Crippen molar-refractivity contribution in [1.29, 1.82) is 0 Å². The molecule has 23 heavy (non-hydrogen) atoms. The predicted molar refractivity (Wildman–Crippen MR) is 96.8 cm³/mol. The lowest BCUT2D eigenvalue weighted by atomic mass is 10.2. The second-order valence-electron chi connectivity index (χ2n) is 5.23. The number of hydrogen-bond acceptors (Lipinski definition) is 3. The number of hydrogen-bond donors (Lipinski definition) is 2. The van der Waals surface area contributed by atoms with Gasteiger partial charge in [-0.1, -0.05) is 40.2 Å². The van der Waals surface area contributed by atoms with Crippen LogP contribution in [0.1, 0.15) is 17.5 Å². The maximum Gasteiger partial charge on any atom is 0.222 e. The highest BCUT2D eigenvalue weighted by Crippen LogP contribution is 2.20. The number of benzene rings is 2. The normalized spacial score (nSPS) is 10.2. The molecule has 0 atom stereocenters. The molecular formula is C18H21BrN2O2. The van der Waals surface area contributed by atoms with Gasteiger partial charge in [0, 0.05) is 35.2 Å². The third-order valence-electron chi connectivity index (χ3n) is 3.52. The van der Waals surface area contributed by atoms with Gasteiger partial charge in [0.15, 0.2) is 0 Å². The molecule has 0 fully saturated rings. The molecule has 0 aromatic heterocycles. The first-order valence-corrected chi connectivity index (χ1v) is 8.28. The highest BCUT2D eigenvalue weighted by atomic mass is 79.9. The predicted octanol–water partition coefficient (Wildman–Crippen LogP) is 3.88. The fourth-order valence-corrected chi connectivity index (χ4v) is 2.53. The fourth-order valence-electron chi connectivity index (χ4n) is 2.15. The summed E-state index contributed by atoms with van der Waals surface area (Å²) in [4.78, 5) is 11.9. The maximum absolute atomic E-state index is 11.9. The Balaban J connectivity index is 1.76. The van der Waals surface area contributed by atoms with Gasteiger partial charge in [0.2, 0.25) is 5.91 Å². The van der Waals surface area contributed by atoms with E-state index in [-0.39, 0.29) is 5.91 Å². The van der Waals surface area contributed by atoms with Crippen LogP contribution in [0, 0.1) is 6.92 Å². The summed E-state index contributed by atoms with van der Waals surface area (Å²) in [5.41, 5.74) is 3.16. The highest BCUT2D eigenvalue weighted by Gasteiger charge is 2.05. The van der Waals surface area contributed by atoms with Crippen molar-refractivity contribution in [2.75, 3.05) is 19.0 Å². The molecule has 0 aliphatic heterocycles. The molecule has 0 radical (unpaired) electrons. The number of amides is 1. The molecule has 0 heterocycles. The average Bonchev–Trinajstić information content (AvgIpc) is 2.56. The van der Waals surface area contributed by atoms with Crippen molar-refractivity contribution in [3.63, 3.8) is 0 Å². The van der Waals surface area contributed by atoms with E-state index >= 15 is 0 Å². The van der Waals surface area contributed by atoms with E-state index in [2.05, 4.69) is 26.6 Å². The molecule has 1 amide bonds. The van der Waals surface area contributed by atoms with Crippen molar-refractivity contribution >= 4 is 27.5 Å². The third kappa shape index (κ3) is 5.28. The van der Waals surface area contributed by atoms with Crippen LogP contribution in [0.15, 0.2) is 46.9 Å². The summed E-state index contributed by atoms with van der Waals surface area (Å²) >= 11 is 3.50. The van der Waals surface area contributed by atoms with E-state index in [9.17, 15) is 4.79 Å². The Labute approximate surface area is 145 Å². The Kier molecular flexibility index (Phi) is 6.47. The smallest absolute Gasteiger partial charge is 0.222 e. The first-order chi connectivity index (χ1) is 11.1. The molecule has 0 aliphatic rings. The lowest BCUT2D eigenvalue weighted by molar-refractivity contribution is -0.121. The van der Waals surface area contributed by atoms with Crippen LogP contribution >= 0.6 is 15.9 Å². The minimum atomic E-state index is 0.00887. The Morgan fingerprint density at radius 2 is 2.00 bits per heavy atom. The van der Waals surface area contributed by atoms with Crippen LogP contribution in [0.5, 0.6) is 5.75 Å². The van der Waals surface area contributed by atoms with E-state index in [1.165, 1.54) is 5.56 Å². The van der Waals surface area contributed by atoms with Crippen molar-refractivity contribution in [2.45, 2.75) is 19.9 Å². The number of carbonyl (C=O) groups is 1. The van der Waals surface area contributed by atoms with Gasteiger partial charge in [-0.05, 0) is 30.7 Å². The van der Waals surface area contributed by atoms with E-state index in [0.717, 1.165) is 21.5 Å². The lowest BCUT2D eigenvalue weighted by Gasteiger charge is -2.10. The molecule has 4 nitrogen and oxygen atoms in total. The molecule has 0 bridgehead atoms. The molecular weight excluding hydrogens is 356 g/mol. The van der Waals surface area contributed by atoms with Crippen LogP contribution in [0.4, 0.5) is 5.69 Å². The number of rotatable bonds is 7. The van der Waals surface area contributed by atoms with E-state index in [4.69, 9.17) is 4.74 Å². The highest BCUT2D eigenvalue weighted by molar-refractivity contribution is 9.10. The minimum Gasteiger partial charge on any atom is -0.496 e. The first-order valence-electron chi connectivity index (χ1n) is 7.49. The quantitative estimate of drug-likeness (QED) is 0.770. The molecule has 122 valence electrons. The topological polar surface area (TPSA) is 50.4 Å². The van der Waals surface area contributed by atoms with Crippen LogP contribution in [-0.4, -0.2) is 19.6 Å². The molecule has 0 saturated heterocycles. The van der Waals surface area contributed by atoms with Crippen LogP contribution in [0.2, 0.25) is 0 Å². The van der Waals surface area contributed by atoms with Gasteiger partial charge in [0.25, 0.3) is 0 Å². The summed E-state index contributed by atoms with van der Waals surface area (Å²) in [5.74, 6) is 0.796. The van der Waals surface area contributed by atoms with Crippen LogP contribution < -0.4 is 15.4 Å². The summed E-state index contributed by atoms with van der Waals surface area (Å²) in [5, 5.41) is 6.16. The fraction of sp³-hybridized carbons (Fsp3) is 0.278. The first kappa shape index (κ1) is 17.3. The summed E-state index contributed by atoms with van der Waals surface area (Å²) < 4.78 is 6.33. The monoisotopic (exact) mass is 376 g/mol.